The quantitative estimate of drug-likeness (QED) is 0.0921. The third-order valence-electron chi connectivity index (χ3n) is 6.36. The van der Waals surface area contributed by atoms with E-state index < -0.39 is 33.2 Å². The third-order valence-corrected chi connectivity index (χ3v) is 9.74. The zero-order valence-electron chi connectivity index (χ0n) is 21.7. The lowest BCUT2D eigenvalue weighted by atomic mass is 9.76. The van der Waals surface area contributed by atoms with Crippen LogP contribution in [0.5, 0.6) is 5.75 Å². The average molecular weight is 559 g/mol. The minimum Gasteiger partial charge on any atom is -0.462 e. The summed E-state index contributed by atoms with van der Waals surface area (Å²) in [5, 5.41) is -0.429. The van der Waals surface area contributed by atoms with Crippen LogP contribution < -0.4 is 4.18 Å². The average Bonchev–Trinajstić information content (AvgIpc) is 2.76. The molecule has 0 amide bonds. The van der Waals surface area contributed by atoms with Crippen LogP contribution in [-0.2, 0) is 14.9 Å². The molecule has 5 nitrogen and oxygen atoms in total. The Bertz CT molecular complexity index is 1300. The molecule has 0 atom stereocenters. The van der Waals surface area contributed by atoms with Crippen molar-refractivity contribution in [3.05, 3.63) is 41.2 Å². The zero-order chi connectivity index (χ0) is 28.3. The highest BCUT2D eigenvalue weighted by molar-refractivity contribution is 7.88. The summed E-state index contributed by atoms with van der Waals surface area (Å²) in [5.74, 6) is 0.794. The maximum atomic E-state index is 15.0. The Morgan fingerprint density at radius 1 is 1.03 bits per heavy atom. The molecule has 2 rings (SSSR count). The van der Waals surface area contributed by atoms with Crippen LogP contribution in [0.1, 0.15) is 64.4 Å². The molecule has 0 spiro atoms. The van der Waals surface area contributed by atoms with Crippen molar-refractivity contribution in [2.45, 2.75) is 59.0 Å². The van der Waals surface area contributed by atoms with E-state index in [0.29, 0.717) is 0 Å². The number of hydrogen-bond donors (Lipinski definition) is 0. The molecule has 0 N–H and O–H groups in total. The normalized spacial score (nSPS) is 12.7. The molecule has 0 unspecified atom stereocenters. The van der Waals surface area contributed by atoms with Gasteiger partial charge in [-0.3, -0.25) is 0 Å². The van der Waals surface area contributed by atoms with Gasteiger partial charge >= 0.3 is 21.6 Å². The standard InChI is InChI=1S/C26H30F4O5SSi/c1-8-34-24(31)19-13-18-9-10-21(27)20(11-12-37-25(15(2)3,16(4)5)17(6)7)23(18)22(14-19)35-36(32,33)26(28,29)30/h9-10,13-17H,8H2,1-7H3. The number of ether oxygens (including phenoxy) is 1. The van der Waals surface area contributed by atoms with Gasteiger partial charge < -0.3 is 8.92 Å². The number of fused-ring (bicyclic) bond motifs is 1. The first-order valence-corrected chi connectivity index (χ1v) is 14.1. The van der Waals surface area contributed by atoms with Gasteiger partial charge in [-0.2, -0.15) is 21.6 Å². The molecule has 0 heterocycles. The van der Waals surface area contributed by atoms with Crippen molar-refractivity contribution in [3.8, 4) is 17.2 Å². The topological polar surface area (TPSA) is 69.7 Å². The molecule has 0 aliphatic carbocycles. The Labute approximate surface area is 217 Å². The molecule has 2 radical (unpaired) electrons. The van der Waals surface area contributed by atoms with Crippen molar-refractivity contribution in [1.82, 2.24) is 0 Å². The second-order valence-electron chi connectivity index (χ2n) is 9.47. The summed E-state index contributed by atoms with van der Waals surface area (Å²) in [4.78, 5) is 12.3. The van der Waals surface area contributed by atoms with Crippen LogP contribution in [0.3, 0.4) is 0 Å². The molecule has 0 saturated carbocycles. The first-order valence-electron chi connectivity index (χ1n) is 11.7. The lowest BCUT2D eigenvalue weighted by Crippen LogP contribution is -2.36. The first-order chi connectivity index (χ1) is 17.0. The molecule has 11 heteroatoms. The van der Waals surface area contributed by atoms with Gasteiger partial charge in [-0.1, -0.05) is 53.5 Å². The summed E-state index contributed by atoms with van der Waals surface area (Å²) in [6.45, 7) is 14.0. The second kappa shape index (κ2) is 11.4. The van der Waals surface area contributed by atoms with Gasteiger partial charge in [0.05, 0.1) is 17.7 Å². The fraction of sp³-hybridized carbons (Fsp3) is 0.500. The van der Waals surface area contributed by atoms with E-state index in [4.69, 9.17) is 4.74 Å². The predicted octanol–water partition coefficient (Wildman–Crippen LogP) is 6.52. The van der Waals surface area contributed by atoms with E-state index in [0.717, 1.165) is 12.1 Å². The van der Waals surface area contributed by atoms with Crippen molar-refractivity contribution in [2.75, 3.05) is 6.61 Å². The summed E-state index contributed by atoms with van der Waals surface area (Å²) in [6, 6.07) is 4.30. The van der Waals surface area contributed by atoms with Crippen LogP contribution in [0, 0.1) is 35.0 Å². The zero-order valence-corrected chi connectivity index (χ0v) is 23.5. The molecular formula is C26H30F4O5SSi. The highest BCUT2D eigenvalue weighted by atomic mass is 32.2. The summed E-state index contributed by atoms with van der Waals surface area (Å²) in [6.07, 6.45) is 0. The van der Waals surface area contributed by atoms with Crippen molar-refractivity contribution < 1.29 is 39.7 Å². The molecule has 0 aromatic heterocycles. The first kappa shape index (κ1) is 30.6. The molecule has 202 valence electrons. The van der Waals surface area contributed by atoms with Crippen LogP contribution >= 0.6 is 0 Å². The largest absolute Gasteiger partial charge is 0.534 e. The van der Waals surface area contributed by atoms with Gasteiger partial charge in [0.2, 0.25) is 0 Å². The number of alkyl halides is 3. The number of esters is 1. The number of hydrogen-bond acceptors (Lipinski definition) is 5. The van der Waals surface area contributed by atoms with E-state index in [2.05, 4.69) is 57.2 Å². The van der Waals surface area contributed by atoms with Gasteiger partial charge in [0.25, 0.3) is 0 Å². The molecule has 0 fully saturated rings. The molecule has 0 saturated heterocycles. The minimum atomic E-state index is -6.13. The number of carbonyl (C=O) groups is 1. The van der Waals surface area contributed by atoms with E-state index in [9.17, 15) is 26.4 Å². The van der Waals surface area contributed by atoms with Gasteiger partial charge in [0.1, 0.15) is 5.82 Å². The smallest absolute Gasteiger partial charge is 0.462 e. The van der Waals surface area contributed by atoms with Crippen molar-refractivity contribution in [2.24, 2.45) is 17.8 Å². The summed E-state index contributed by atoms with van der Waals surface area (Å²) in [7, 11) is -6.07. The molecule has 37 heavy (non-hydrogen) atoms. The van der Waals surface area contributed by atoms with E-state index in [1.54, 1.807) is 0 Å². The van der Waals surface area contributed by atoms with Crippen molar-refractivity contribution >= 4 is 36.4 Å². The van der Waals surface area contributed by atoms with E-state index >= 15 is 4.39 Å². The molecule has 2 aromatic rings. The monoisotopic (exact) mass is 558 g/mol. The SMILES string of the molecule is CCOC(=O)c1cc(OS(=O)(=O)C(F)(F)F)c2c(C#C[Si]C(C(C)C)(C(C)C)C(C)C)c(F)ccc2c1. The van der Waals surface area contributed by atoms with E-state index in [-0.39, 0.29) is 60.8 Å². The van der Waals surface area contributed by atoms with Gasteiger partial charge in [-0.25, -0.2) is 9.18 Å². The Hall–Kier alpha value is -2.58. The minimum absolute atomic E-state index is 0.0295. The van der Waals surface area contributed by atoms with Gasteiger partial charge in [-0.05, 0) is 53.3 Å². The molecule has 0 aliphatic rings. The highest BCUT2D eigenvalue weighted by Crippen LogP contribution is 2.49. The van der Waals surface area contributed by atoms with Crippen LogP contribution in [0.15, 0.2) is 24.3 Å². The molecular weight excluding hydrogens is 528 g/mol. The van der Waals surface area contributed by atoms with E-state index in [1.165, 1.54) is 19.1 Å². The Balaban J connectivity index is 2.82. The van der Waals surface area contributed by atoms with Crippen LogP contribution in [0.2, 0.25) is 5.04 Å². The summed E-state index contributed by atoms with van der Waals surface area (Å²) in [5.41, 5.74) is -3.31. The van der Waals surface area contributed by atoms with Gasteiger partial charge in [0, 0.05) is 5.39 Å². The fourth-order valence-electron chi connectivity index (χ4n) is 4.72. The summed E-state index contributed by atoms with van der Waals surface area (Å²) >= 11 is 0. The van der Waals surface area contributed by atoms with Gasteiger partial charge in [-0.15, -0.1) is 5.54 Å². The lowest BCUT2D eigenvalue weighted by molar-refractivity contribution is -0.0499. The molecule has 0 aliphatic heterocycles. The van der Waals surface area contributed by atoms with Crippen LogP contribution in [0.4, 0.5) is 17.6 Å². The Kier molecular flexibility index (Phi) is 9.47. The maximum Gasteiger partial charge on any atom is 0.534 e. The van der Waals surface area contributed by atoms with Crippen LogP contribution in [0.25, 0.3) is 10.8 Å². The Morgan fingerprint density at radius 2 is 1.59 bits per heavy atom. The maximum absolute atomic E-state index is 15.0. The van der Waals surface area contributed by atoms with Crippen LogP contribution in [-0.4, -0.2) is 36.0 Å². The fourth-order valence-corrected chi connectivity index (χ4v) is 6.45. The number of carbonyl (C=O) groups excluding carboxylic acids is 1. The lowest BCUT2D eigenvalue weighted by Gasteiger charge is -2.43. The number of benzene rings is 2. The van der Waals surface area contributed by atoms with E-state index in [1.807, 2.05) is 0 Å². The Morgan fingerprint density at radius 3 is 2.08 bits per heavy atom. The summed E-state index contributed by atoms with van der Waals surface area (Å²) < 4.78 is 87.4. The van der Waals surface area contributed by atoms with Crippen molar-refractivity contribution in [1.29, 1.82) is 0 Å². The number of rotatable bonds is 8. The highest BCUT2D eigenvalue weighted by Gasteiger charge is 2.49. The number of halogens is 4. The van der Waals surface area contributed by atoms with Crippen molar-refractivity contribution in [3.63, 3.8) is 0 Å². The molecule has 0 bridgehead atoms. The molecule has 2 aromatic carbocycles. The second-order valence-corrected chi connectivity index (χ2v) is 12.4. The predicted molar refractivity (Wildman–Crippen MR) is 135 cm³/mol. The van der Waals surface area contributed by atoms with Gasteiger partial charge in [0.15, 0.2) is 15.3 Å². The third kappa shape index (κ3) is 6.29.